The van der Waals surface area contributed by atoms with Gasteiger partial charge >= 0.3 is 6.36 Å². The van der Waals surface area contributed by atoms with Gasteiger partial charge in [-0.3, -0.25) is 19.5 Å². The first kappa shape index (κ1) is 26.6. The monoisotopic (exact) mass is 521 g/mol. The molecule has 0 saturated carbocycles. The fourth-order valence-electron chi connectivity index (χ4n) is 3.71. The number of ether oxygens (including phenoxy) is 2. The van der Waals surface area contributed by atoms with E-state index in [1.54, 1.807) is 0 Å². The molecule has 2 heterocycles. The molecule has 0 aliphatic carbocycles. The molecule has 0 spiro atoms. The molecule has 1 saturated heterocycles. The first-order chi connectivity index (χ1) is 16.4. The Bertz CT molecular complexity index is 1050. The lowest BCUT2D eigenvalue weighted by atomic mass is 9.88. The highest BCUT2D eigenvalue weighted by molar-refractivity contribution is 6.32. The molecule has 35 heavy (non-hydrogen) atoms. The summed E-state index contributed by atoms with van der Waals surface area (Å²) in [5.74, 6) is -3.66. The van der Waals surface area contributed by atoms with Gasteiger partial charge in [0.1, 0.15) is 11.6 Å². The Kier molecular flexibility index (Phi) is 8.16. The molecule has 1 N–H and O–H groups in total. The van der Waals surface area contributed by atoms with Crippen molar-refractivity contribution in [3.63, 3.8) is 0 Å². The lowest BCUT2D eigenvalue weighted by Crippen LogP contribution is -2.60. The van der Waals surface area contributed by atoms with Crippen LogP contribution in [-0.4, -0.2) is 48.0 Å². The molecule has 3 rings (SSSR count). The standard InChI is InChI=1S/C22H21ClF5N3O4/c1-21(13-10-14(24)12-29-11-13,20(33)30-15-6-8-34-9-7-15)31(19(32)18(23)25)16-2-4-17(5-3-16)35-22(26,27)28/h2-5,10-12,15,18H,6-9H2,1H3,(H,30,33)/t18-,21-/m0/s1. The van der Waals surface area contributed by atoms with Gasteiger partial charge in [-0.05, 0) is 50.1 Å². The van der Waals surface area contributed by atoms with Crippen LogP contribution in [-0.2, 0) is 19.9 Å². The highest BCUT2D eigenvalue weighted by atomic mass is 35.5. The maximum atomic E-state index is 14.1. The van der Waals surface area contributed by atoms with Crippen LogP contribution in [0.3, 0.4) is 0 Å². The van der Waals surface area contributed by atoms with Crippen LogP contribution in [0, 0.1) is 5.82 Å². The average molecular weight is 522 g/mol. The molecule has 0 radical (unpaired) electrons. The van der Waals surface area contributed by atoms with Crippen LogP contribution in [0.5, 0.6) is 5.75 Å². The van der Waals surface area contributed by atoms with Crippen LogP contribution in [0.25, 0.3) is 0 Å². The third-order valence-corrected chi connectivity index (χ3v) is 5.64. The number of hydrogen-bond acceptors (Lipinski definition) is 5. The second kappa shape index (κ2) is 10.7. The first-order valence-corrected chi connectivity index (χ1v) is 10.8. The predicted octanol–water partition coefficient (Wildman–Crippen LogP) is 4.20. The summed E-state index contributed by atoms with van der Waals surface area (Å²) in [4.78, 5) is 30.9. The number of carbonyl (C=O) groups excluding carboxylic acids is 2. The molecule has 1 aliphatic rings. The van der Waals surface area contributed by atoms with Crippen molar-refractivity contribution in [2.45, 2.75) is 43.3 Å². The van der Waals surface area contributed by atoms with E-state index in [2.05, 4.69) is 15.0 Å². The van der Waals surface area contributed by atoms with E-state index >= 15 is 0 Å². The van der Waals surface area contributed by atoms with Gasteiger partial charge in [-0.2, -0.15) is 0 Å². The molecular weight excluding hydrogens is 501 g/mol. The zero-order valence-electron chi connectivity index (χ0n) is 18.3. The minimum atomic E-state index is -4.97. The summed E-state index contributed by atoms with van der Waals surface area (Å²) in [5.41, 5.74) is -5.04. The van der Waals surface area contributed by atoms with Crippen LogP contribution in [0.4, 0.5) is 27.6 Å². The fourth-order valence-corrected chi connectivity index (χ4v) is 3.81. The van der Waals surface area contributed by atoms with Crippen molar-refractivity contribution in [3.05, 3.63) is 54.1 Å². The Hall–Kier alpha value is -2.99. The summed E-state index contributed by atoms with van der Waals surface area (Å²) in [6.07, 6.45) is -2.06. The smallest absolute Gasteiger partial charge is 0.406 e. The van der Waals surface area contributed by atoms with Gasteiger partial charge in [0.05, 0.1) is 6.20 Å². The summed E-state index contributed by atoms with van der Waals surface area (Å²) in [6.45, 7) is 1.98. The second-order valence-electron chi connectivity index (χ2n) is 7.84. The number of amides is 2. The van der Waals surface area contributed by atoms with Crippen LogP contribution in [0.2, 0.25) is 0 Å². The van der Waals surface area contributed by atoms with Gasteiger partial charge in [-0.25, -0.2) is 8.78 Å². The van der Waals surface area contributed by atoms with E-state index in [1.165, 1.54) is 6.92 Å². The van der Waals surface area contributed by atoms with E-state index in [0.717, 1.165) is 42.7 Å². The molecule has 190 valence electrons. The first-order valence-electron chi connectivity index (χ1n) is 10.4. The van der Waals surface area contributed by atoms with Gasteiger partial charge < -0.3 is 14.8 Å². The Morgan fingerprint density at radius 3 is 2.37 bits per heavy atom. The van der Waals surface area contributed by atoms with Gasteiger partial charge in [-0.15, -0.1) is 13.2 Å². The summed E-state index contributed by atoms with van der Waals surface area (Å²) >= 11 is 5.44. The second-order valence-corrected chi connectivity index (χ2v) is 8.22. The van der Waals surface area contributed by atoms with Crippen LogP contribution < -0.4 is 15.0 Å². The molecule has 7 nitrogen and oxygen atoms in total. The maximum Gasteiger partial charge on any atom is 0.573 e. The third kappa shape index (κ3) is 6.37. The van der Waals surface area contributed by atoms with E-state index in [0.29, 0.717) is 31.0 Å². The van der Waals surface area contributed by atoms with E-state index < -0.39 is 40.9 Å². The zero-order chi connectivity index (χ0) is 25.8. The van der Waals surface area contributed by atoms with Crippen molar-refractivity contribution in [3.8, 4) is 5.75 Å². The molecule has 1 aliphatic heterocycles. The van der Waals surface area contributed by atoms with Gasteiger partial charge in [-0.1, -0.05) is 11.6 Å². The van der Waals surface area contributed by atoms with E-state index in [-0.39, 0.29) is 17.3 Å². The number of hydrogen-bond donors (Lipinski definition) is 1. The van der Waals surface area contributed by atoms with E-state index in [1.807, 2.05) is 0 Å². The Morgan fingerprint density at radius 2 is 1.83 bits per heavy atom. The van der Waals surface area contributed by atoms with Crippen molar-refractivity contribution < 1.29 is 41.0 Å². The van der Waals surface area contributed by atoms with E-state index in [4.69, 9.17) is 16.3 Å². The lowest BCUT2D eigenvalue weighted by molar-refractivity contribution is -0.274. The van der Waals surface area contributed by atoms with Crippen molar-refractivity contribution in [1.82, 2.24) is 10.3 Å². The van der Waals surface area contributed by atoms with Crippen molar-refractivity contribution in [1.29, 1.82) is 0 Å². The molecule has 2 amide bonds. The van der Waals surface area contributed by atoms with E-state index in [9.17, 15) is 31.5 Å². The van der Waals surface area contributed by atoms with Gasteiger partial charge in [0.25, 0.3) is 17.4 Å². The molecule has 1 fully saturated rings. The third-order valence-electron chi connectivity index (χ3n) is 5.45. The normalized spacial score (nSPS) is 17.2. The topological polar surface area (TPSA) is 80.8 Å². The van der Waals surface area contributed by atoms with Crippen LogP contribution in [0.15, 0.2) is 42.7 Å². The molecular formula is C22H21ClF5N3O4. The molecule has 0 unspecified atom stereocenters. The quantitative estimate of drug-likeness (QED) is 0.436. The number of aromatic nitrogens is 1. The van der Waals surface area contributed by atoms with Crippen LogP contribution >= 0.6 is 11.6 Å². The number of carbonyl (C=O) groups is 2. The number of benzene rings is 1. The lowest BCUT2D eigenvalue weighted by Gasteiger charge is -2.41. The number of nitrogens with zero attached hydrogens (tertiary/aromatic N) is 2. The molecule has 0 bridgehead atoms. The Morgan fingerprint density at radius 1 is 1.20 bits per heavy atom. The minimum Gasteiger partial charge on any atom is -0.406 e. The fraction of sp³-hybridized carbons (Fsp3) is 0.409. The molecule has 1 aromatic heterocycles. The SMILES string of the molecule is C[C@@](C(=O)NC1CCOCC1)(c1cncc(F)c1)N(C(=O)[C@H](F)Cl)c1ccc(OC(F)(F)F)cc1. The number of rotatable bonds is 7. The largest absolute Gasteiger partial charge is 0.573 e. The number of halogens is 6. The summed E-state index contributed by atoms with van der Waals surface area (Å²) in [7, 11) is 0. The van der Waals surface area contributed by atoms with Gasteiger partial charge in [0.15, 0.2) is 5.54 Å². The predicted molar refractivity (Wildman–Crippen MR) is 115 cm³/mol. The van der Waals surface area contributed by atoms with Crippen molar-refractivity contribution in [2.75, 3.05) is 18.1 Å². The molecule has 13 heteroatoms. The van der Waals surface area contributed by atoms with Crippen molar-refractivity contribution >= 4 is 29.1 Å². The molecule has 2 aromatic rings. The van der Waals surface area contributed by atoms with Crippen molar-refractivity contribution in [2.24, 2.45) is 0 Å². The summed E-state index contributed by atoms with van der Waals surface area (Å²) in [6, 6.07) is 4.39. The zero-order valence-corrected chi connectivity index (χ0v) is 19.1. The van der Waals surface area contributed by atoms with Gasteiger partial charge in [0.2, 0.25) is 0 Å². The maximum absolute atomic E-state index is 14.1. The Balaban J connectivity index is 2.11. The number of anilines is 1. The Labute approximate surface area is 202 Å². The molecule has 2 atom stereocenters. The minimum absolute atomic E-state index is 0.122. The highest BCUT2D eigenvalue weighted by Gasteiger charge is 2.47. The van der Waals surface area contributed by atoms with Gasteiger partial charge in [0, 0.05) is 36.7 Å². The summed E-state index contributed by atoms with van der Waals surface area (Å²) in [5, 5.41) is 2.76. The number of pyridine rings is 1. The summed E-state index contributed by atoms with van der Waals surface area (Å²) < 4.78 is 75.0. The highest BCUT2D eigenvalue weighted by Crippen LogP contribution is 2.37. The van der Waals surface area contributed by atoms with Crippen LogP contribution in [0.1, 0.15) is 25.3 Å². The molecule has 1 aromatic carbocycles. The average Bonchev–Trinajstić information content (AvgIpc) is 2.79. The number of alkyl halides is 5. The number of nitrogens with one attached hydrogen (secondary N) is 1.